The first-order valence-corrected chi connectivity index (χ1v) is 5.17. The standard InChI is InChI=1S/C10H9F4N3O3/c11-5-1-6(8(12)7(2-5)17(19)20)9(18)16-4-10(13,14)3-15/h1-2H,3-4,15H2,(H,16,18). The molecule has 0 unspecified atom stereocenters. The largest absolute Gasteiger partial charge is 0.346 e. The predicted molar refractivity (Wildman–Crippen MR) is 59.3 cm³/mol. The van der Waals surface area contributed by atoms with Crippen LogP contribution in [0.25, 0.3) is 0 Å². The van der Waals surface area contributed by atoms with Crippen molar-refractivity contribution in [2.75, 3.05) is 13.1 Å². The van der Waals surface area contributed by atoms with Crippen LogP contribution in [0.15, 0.2) is 12.1 Å². The Labute approximate surface area is 109 Å². The van der Waals surface area contributed by atoms with Crippen molar-refractivity contribution in [1.29, 1.82) is 0 Å². The van der Waals surface area contributed by atoms with E-state index in [2.05, 4.69) is 0 Å². The molecule has 0 aliphatic heterocycles. The van der Waals surface area contributed by atoms with Crippen molar-refractivity contribution in [3.05, 3.63) is 39.4 Å². The van der Waals surface area contributed by atoms with Gasteiger partial charge in [0.1, 0.15) is 5.82 Å². The summed E-state index contributed by atoms with van der Waals surface area (Å²) in [4.78, 5) is 20.7. The number of halogens is 4. The Morgan fingerprint density at radius 2 is 2.00 bits per heavy atom. The molecule has 0 saturated carbocycles. The number of carbonyl (C=O) groups is 1. The quantitative estimate of drug-likeness (QED) is 0.484. The molecular formula is C10H9F4N3O3. The maximum atomic E-state index is 13.6. The van der Waals surface area contributed by atoms with Gasteiger partial charge in [-0.2, -0.15) is 4.39 Å². The fraction of sp³-hybridized carbons (Fsp3) is 0.300. The lowest BCUT2D eigenvalue weighted by Crippen LogP contribution is -2.41. The van der Waals surface area contributed by atoms with Crippen molar-refractivity contribution in [3.8, 4) is 0 Å². The summed E-state index contributed by atoms with van der Waals surface area (Å²) in [5, 5.41) is 12.1. The van der Waals surface area contributed by atoms with Crippen LogP contribution in [0.5, 0.6) is 0 Å². The first-order chi connectivity index (χ1) is 9.18. The molecular weight excluding hydrogens is 286 g/mol. The summed E-state index contributed by atoms with van der Waals surface area (Å²) in [5.74, 6) is -7.68. The van der Waals surface area contributed by atoms with E-state index in [1.165, 1.54) is 0 Å². The first kappa shape index (κ1) is 15.8. The van der Waals surface area contributed by atoms with Gasteiger partial charge in [0.25, 0.3) is 11.8 Å². The van der Waals surface area contributed by atoms with Gasteiger partial charge in [-0.05, 0) is 6.07 Å². The number of benzene rings is 1. The highest BCUT2D eigenvalue weighted by molar-refractivity contribution is 5.95. The highest BCUT2D eigenvalue weighted by Crippen LogP contribution is 2.22. The molecule has 0 spiro atoms. The lowest BCUT2D eigenvalue weighted by atomic mass is 10.1. The maximum absolute atomic E-state index is 13.6. The minimum Gasteiger partial charge on any atom is -0.346 e. The summed E-state index contributed by atoms with van der Waals surface area (Å²) >= 11 is 0. The molecule has 0 atom stereocenters. The normalized spacial score (nSPS) is 11.2. The van der Waals surface area contributed by atoms with Crippen molar-refractivity contribution in [2.24, 2.45) is 5.73 Å². The Bertz CT molecular complexity index is 551. The van der Waals surface area contributed by atoms with Crippen molar-refractivity contribution >= 4 is 11.6 Å². The zero-order valence-electron chi connectivity index (χ0n) is 9.83. The number of nitro benzene ring substituents is 1. The first-order valence-electron chi connectivity index (χ1n) is 5.17. The minimum absolute atomic E-state index is 0.278. The van der Waals surface area contributed by atoms with Gasteiger partial charge >= 0.3 is 5.69 Å². The van der Waals surface area contributed by atoms with E-state index in [4.69, 9.17) is 5.73 Å². The van der Waals surface area contributed by atoms with Gasteiger partial charge in [-0.3, -0.25) is 14.9 Å². The van der Waals surface area contributed by atoms with Crippen LogP contribution in [-0.2, 0) is 0 Å². The molecule has 1 amide bonds. The number of nitrogens with one attached hydrogen (secondary N) is 1. The summed E-state index contributed by atoms with van der Waals surface area (Å²) in [6.45, 7) is -2.26. The number of nitrogens with zero attached hydrogens (tertiary/aromatic N) is 1. The summed E-state index contributed by atoms with van der Waals surface area (Å²) in [5.41, 5.74) is 2.42. The smallest absolute Gasteiger partial charge is 0.308 e. The number of carbonyl (C=O) groups excluding carboxylic acids is 1. The van der Waals surface area contributed by atoms with Crippen LogP contribution in [0.2, 0.25) is 0 Å². The zero-order valence-corrected chi connectivity index (χ0v) is 9.83. The number of rotatable bonds is 5. The molecule has 0 aliphatic rings. The predicted octanol–water partition coefficient (Wildman–Crippen LogP) is 1.20. The van der Waals surface area contributed by atoms with Crippen LogP contribution in [-0.4, -0.2) is 29.8 Å². The molecule has 0 saturated heterocycles. The Morgan fingerprint density at radius 3 is 2.50 bits per heavy atom. The monoisotopic (exact) mass is 295 g/mol. The lowest BCUT2D eigenvalue weighted by Gasteiger charge is -2.14. The average Bonchev–Trinajstić information content (AvgIpc) is 2.38. The van der Waals surface area contributed by atoms with Crippen molar-refractivity contribution < 1.29 is 27.3 Å². The van der Waals surface area contributed by atoms with Gasteiger partial charge in [0.2, 0.25) is 5.82 Å². The highest BCUT2D eigenvalue weighted by Gasteiger charge is 2.29. The van der Waals surface area contributed by atoms with E-state index in [-0.39, 0.29) is 6.07 Å². The molecule has 1 aromatic carbocycles. The van der Waals surface area contributed by atoms with Gasteiger partial charge in [0, 0.05) is 0 Å². The van der Waals surface area contributed by atoms with E-state index in [1.54, 1.807) is 5.32 Å². The fourth-order valence-electron chi connectivity index (χ4n) is 1.25. The molecule has 0 aliphatic carbocycles. The third-order valence-electron chi connectivity index (χ3n) is 2.27. The van der Waals surface area contributed by atoms with Gasteiger partial charge < -0.3 is 11.1 Å². The second-order valence-electron chi connectivity index (χ2n) is 3.79. The van der Waals surface area contributed by atoms with Gasteiger partial charge in [0.15, 0.2) is 0 Å². The molecule has 0 radical (unpaired) electrons. The number of hydrogen-bond acceptors (Lipinski definition) is 4. The van der Waals surface area contributed by atoms with E-state index < -0.39 is 52.7 Å². The molecule has 110 valence electrons. The van der Waals surface area contributed by atoms with E-state index in [1.807, 2.05) is 0 Å². The molecule has 20 heavy (non-hydrogen) atoms. The van der Waals surface area contributed by atoms with Crippen molar-refractivity contribution in [2.45, 2.75) is 5.92 Å². The maximum Gasteiger partial charge on any atom is 0.308 e. The molecule has 0 bridgehead atoms. The Kier molecular flexibility index (Phi) is 4.61. The third kappa shape index (κ3) is 3.63. The average molecular weight is 295 g/mol. The Balaban J connectivity index is 3.02. The van der Waals surface area contributed by atoms with Crippen LogP contribution in [0, 0.1) is 21.7 Å². The van der Waals surface area contributed by atoms with Crippen LogP contribution in [0.4, 0.5) is 23.2 Å². The van der Waals surface area contributed by atoms with Crippen molar-refractivity contribution in [1.82, 2.24) is 5.32 Å². The van der Waals surface area contributed by atoms with E-state index in [9.17, 15) is 32.5 Å². The highest BCUT2D eigenvalue weighted by atomic mass is 19.3. The second kappa shape index (κ2) is 5.82. The van der Waals surface area contributed by atoms with Gasteiger partial charge in [-0.1, -0.05) is 0 Å². The topological polar surface area (TPSA) is 98.3 Å². The van der Waals surface area contributed by atoms with Crippen molar-refractivity contribution in [3.63, 3.8) is 0 Å². The third-order valence-corrected chi connectivity index (χ3v) is 2.27. The summed E-state index contributed by atoms with van der Waals surface area (Å²) in [6.07, 6.45) is 0. The van der Waals surface area contributed by atoms with E-state index in [0.717, 1.165) is 0 Å². The van der Waals surface area contributed by atoms with Gasteiger partial charge in [-0.15, -0.1) is 0 Å². The molecule has 1 aromatic rings. The molecule has 6 nitrogen and oxygen atoms in total. The summed E-state index contributed by atoms with van der Waals surface area (Å²) in [6, 6.07) is 0.652. The molecule has 0 fully saturated rings. The number of nitrogens with two attached hydrogens (primary N) is 1. The molecule has 3 N–H and O–H groups in total. The number of hydrogen-bond donors (Lipinski definition) is 2. The van der Waals surface area contributed by atoms with E-state index in [0.29, 0.717) is 6.07 Å². The Hall–Kier alpha value is -2.23. The SMILES string of the molecule is NCC(F)(F)CNC(=O)c1cc(F)cc([N+](=O)[O-])c1F. The van der Waals surface area contributed by atoms with Crippen LogP contribution in [0.1, 0.15) is 10.4 Å². The van der Waals surface area contributed by atoms with Crippen LogP contribution < -0.4 is 11.1 Å². The summed E-state index contributed by atoms with van der Waals surface area (Å²) in [7, 11) is 0. The van der Waals surface area contributed by atoms with Gasteiger partial charge in [-0.25, -0.2) is 13.2 Å². The van der Waals surface area contributed by atoms with E-state index >= 15 is 0 Å². The molecule has 0 heterocycles. The second-order valence-corrected chi connectivity index (χ2v) is 3.79. The fourth-order valence-corrected chi connectivity index (χ4v) is 1.25. The summed E-state index contributed by atoms with van der Waals surface area (Å²) < 4.78 is 52.2. The van der Waals surface area contributed by atoms with Crippen LogP contribution >= 0.6 is 0 Å². The minimum atomic E-state index is -3.43. The molecule has 1 rings (SSSR count). The lowest BCUT2D eigenvalue weighted by molar-refractivity contribution is -0.387. The Morgan fingerprint density at radius 1 is 1.40 bits per heavy atom. The number of amides is 1. The van der Waals surface area contributed by atoms with Crippen LogP contribution in [0.3, 0.4) is 0 Å². The molecule has 10 heteroatoms. The zero-order chi connectivity index (χ0) is 15.5. The number of alkyl halides is 2. The van der Waals surface area contributed by atoms with Gasteiger partial charge in [0.05, 0.1) is 29.6 Å². The number of nitro groups is 1. The molecule has 0 aromatic heterocycles.